The third-order valence-electron chi connectivity index (χ3n) is 3.22. The number of nitrogens with one attached hydrogen (secondary N) is 1. The molecule has 0 bridgehead atoms. The van der Waals surface area contributed by atoms with Crippen LogP contribution in [0.2, 0.25) is 10.2 Å². The van der Waals surface area contributed by atoms with E-state index in [2.05, 4.69) is 10.4 Å². The molecule has 0 amide bonds. The first-order valence-electron chi connectivity index (χ1n) is 6.20. The molecule has 104 valence electrons. The van der Waals surface area contributed by atoms with Gasteiger partial charge in [0.15, 0.2) is 5.22 Å². The Morgan fingerprint density at radius 1 is 1.47 bits per heavy atom. The summed E-state index contributed by atoms with van der Waals surface area (Å²) in [4.78, 5) is 0. The number of nitrogens with zero attached hydrogens (tertiary/aromatic N) is 2. The normalized spacial score (nSPS) is 12.9. The van der Waals surface area contributed by atoms with Gasteiger partial charge in [0, 0.05) is 24.6 Å². The standard InChI is InChI=1S/C13H17Cl2N3O/c1-4-18-11(12(14)8(2)17-18)7-10(16-3)9-5-6-19-13(9)15/h5-6,10,16H,4,7H2,1-3H3. The Labute approximate surface area is 122 Å². The molecule has 0 aliphatic rings. The fourth-order valence-corrected chi connectivity index (χ4v) is 2.64. The van der Waals surface area contributed by atoms with Crippen molar-refractivity contribution in [2.24, 2.45) is 0 Å². The van der Waals surface area contributed by atoms with Gasteiger partial charge in [-0.1, -0.05) is 11.6 Å². The maximum Gasteiger partial charge on any atom is 0.197 e. The lowest BCUT2D eigenvalue weighted by Crippen LogP contribution is -2.20. The lowest BCUT2D eigenvalue weighted by atomic mass is 10.1. The van der Waals surface area contributed by atoms with Crippen LogP contribution >= 0.6 is 23.2 Å². The molecule has 2 aromatic rings. The summed E-state index contributed by atoms with van der Waals surface area (Å²) in [7, 11) is 1.89. The average Bonchev–Trinajstić information content (AvgIpc) is 2.93. The van der Waals surface area contributed by atoms with E-state index in [1.165, 1.54) is 0 Å². The molecule has 1 N–H and O–H groups in total. The van der Waals surface area contributed by atoms with E-state index in [1.54, 1.807) is 6.26 Å². The van der Waals surface area contributed by atoms with Crippen molar-refractivity contribution in [3.05, 3.63) is 39.5 Å². The maximum atomic E-state index is 6.33. The maximum absolute atomic E-state index is 6.33. The van der Waals surface area contributed by atoms with Gasteiger partial charge in [-0.2, -0.15) is 5.10 Å². The summed E-state index contributed by atoms with van der Waals surface area (Å²) in [5.41, 5.74) is 2.80. The molecule has 6 heteroatoms. The quantitative estimate of drug-likeness (QED) is 0.917. The Morgan fingerprint density at radius 2 is 2.21 bits per heavy atom. The molecule has 0 saturated carbocycles. The van der Waals surface area contributed by atoms with Gasteiger partial charge in [0.05, 0.1) is 22.7 Å². The predicted octanol–water partition coefficient (Wildman–Crippen LogP) is 3.61. The van der Waals surface area contributed by atoms with Crippen molar-refractivity contribution in [1.29, 1.82) is 0 Å². The number of hydrogen-bond donors (Lipinski definition) is 1. The second-order valence-corrected chi connectivity index (χ2v) is 5.08. The summed E-state index contributed by atoms with van der Waals surface area (Å²) in [5.74, 6) is 0. The van der Waals surface area contributed by atoms with E-state index >= 15 is 0 Å². The highest BCUT2D eigenvalue weighted by atomic mass is 35.5. The highest BCUT2D eigenvalue weighted by Crippen LogP contribution is 2.29. The first-order chi connectivity index (χ1) is 9.08. The van der Waals surface area contributed by atoms with Crippen molar-refractivity contribution in [2.75, 3.05) is 7.05 Å². The second kappa shape index (κ2) is 5.99. The van der Waals surface area contributed by atoms with Gasteiger partial charge >= 0.3 is 0 Å². The average molecular weight is 302 g/mol. The summed E-state index contributed by atoms with van der Waals surface area (Å²) in [5, 5.41) is 8.79. The molecule has 0 saturated heterocycles. The zero-order chi connectivity index (χ0) is 14.0. The molecule has 2 heterocycles. The van der Waals surface area contributed by atoms with Gasteiger partial charge in [-0.15, -0.1) is 0 Å². The van der Waals surface area contributed by atoms with E-state index in [0.717, 1.165) is 28.5 Å². The molecular weight excluding hydrogens is 285 g/mol. The minimum Gasteiger partial charge on any atom is -0.453 e. The number of rotatable bonds is 5. The van der Waals surface area contributed by atoms with Crippen molar-refractivity contribution in [1.82, 2.24) is 15.1 Å². The smallest absolute Gasteiger partial charge is 0.197 e. The third-order valence-corrected chi connectivity index (χ3v) is 4.02. The van der Waals surface area contributed by atoms with Crippen molar-refractivity contribution in [3.8, 4) is 0 Å². The lowest BCUT2D eigenvalue weighted by molar-refractivity contribution is 0.524. The van der Waals surface area contributed by atoms with Crippen LogP contribution in [0, 0.1) is 6.92 Å². The van der Waals surface area contributed by atoms with Gasteiger partial charge < -0.3 is 9.73 Å². The molecule has 0 radical (unpaired) electrons. The van der Waals surface area contributed by atoms with Crippen LogP contribution in [0.3, 0.4) is 0 Å². The van der Waals surface area contributed by atoms with Crippen LogP contribution in [0.4, 0.5) is 0 Å². The molecule has 0 spiro atoms. The summed E-state index contributed by atoms with van der Waals surface area (Å²) in [6.45, 7) is 4.75. The van der Waals surface area contributed by atoms with Gasteiger partial charge in [-0.25, -0.2) is 0 Å². The summed E-state index contributed by atoms with van der Waals surface area (Å²) in [6.07, 6.45) is 2.30. The van der Waals surface area contributed by atoms with Crippen molar-refractivity contribution in [3.63, 3.8) is 0 Å². The topological polar surface area (TPSA) is 43.0 Å². The molecule has 0 fully saturated rings. The highest BCUT2D eigenvalue weighted by Gasteiger charge is 2.21. The second-order valence-electron chi connectivity index (χ2n) is 4.36. The molecule has 0 aliphatic carbocycles. The Hall–Kier alpha value is -0.970. The number of hydrogen-bond acceptors (Lipinski definition) is 3. The van der Waals surface area contributed by atoms with E-state index in [1.807, 2.05) is 31.6 Å². The zero-order valence-corrected chi connectivity index (χ0v) is 12.7. The van der Waals surface area contributed by atoms with Crippen LogP contribution in [-0.2, 0) is 13.0 Å². The molecule has 19 heavy (non-hydrogen) atoms. The van der Waals surface area contributed by atoms with Gasteiger partial charge in [0.2, 0.25) is 0 Å². The SMILES string of the molecule is CCn1nc(C)c(Cl)c1CC(NC)c1ccoc1Cl. The van der Waals surface area contributed by atoms with E-state index in [0.29, 0.717) is 11.6 Å². The van der Waals surface area contributed by atoms with Gasteiger partial charge in [-0.3, -0.25) is 4.68 Å². The van der Waals surface area contributed by atoms with E-state index in [-0.39, 0.29) is 6.04 Å². The lowest BCUT2D eigenvalue weighted by Gasteiger charge is -2.16. The van der Waals surface area contributed by atoms with Gasteiger partial charge in [0.25, 0.3) is 0 Å². The summed E-state index contributed by atoms with van der Waals surface area (Å²) in [6, 6.07) is 1.92. The van der Waals surface area contributed by atoms with Crippen LogP contribution in [0.5, 0.6) is 0 Å². The number of likely N-dealkylation sites (N-methyl/N-ethyl adjacent to an activating group) is 1. The van der Waals surface area contributed by atoms with E-state index in [9.17, 15) is 0 Å². The number of halogens is 2. The molecule has 0 aliphatic heterocycles. The fourth-order valence-electron chi connectivity index (χ4n) is 2.18. The number of furan rings is 1. The predicted molar refractivity (Wildman–Crippen MR) is 76.9 cm³/mol. The summed E-state index contributed by atoms with van der Waals surface area (Å²) >= 11 is 12.4. The Morgan fingerprint density at radius 3 is 2.74 bits per heavy atom. The summed E-state index contributed by atoms with van der Waals surface area (Å²) < 4.78 is 7.07. The minimum absolute atomic E-state index is 0.0464. The van der Waals surface area contributed by atoms with Crippen molar-refractivity contribution < 1.29 is 4.42 Å². The zero-order valence-electron chi connectivity index (χ0n) is 11.2. The molecule has 1 unspecified atom stereocenters. The van der Waals surface area contributed by atoms with Crippen LogP contribution in [-0.4, -0.2) is 16.8 Å². The molecule has 0 aromatic carbocycles. The highest BCUT2D eigenvalue weighted by molar-refractivity contribution is 6.32. The van der Waals surface area contributed by atoms with Crippen LogP contribution in [0.15, 0.2) is 16.7 Å². The van der Waals surface area contributed by atoms with E-state index in [4.69, 9.17) is 27.6 Å². The minimum atomic E-state index is 0.0464. The van der Waals surface area contributed by atoms with Crippen LogP contribution in [0.25, 0.3) is 0 Å². The van der Waals surface area contributed by atoms with Gasteiger partial charge in [-0.05, 0) is 38.6 Å². The molecule has 2 rings (SSSR count). The number of aryl methyl sites for hydroxylation is 2. The Kier molecular flexibility index (Phi) is 4.55. The number of aromatic nitrogens is 2. The fraction of sp³-hybridized carbons (Fsp3) is 0.462. The van der Waals surface area contributed by atoms with Crippen LogP contribution in [0.1, 0.15) is 29.9 Å². The van der Waals surface area contributed by atoms with Crippen LogP contribution < -0.4 is 5.32 Å². The third kappa shape index (κ3) is 2.81. The van der Waals surface area contributed by atoms with E-state index < -0.39 is 0 Å². The van der Waals surface area contributed by atoms with Crippen molar-refractivity contribution >= 4 is 23.2 Å². The molecule has 2 aromatic heterocycles. The first-order valence-corrected chi connectivity index (χ1v) is 6.96. The molecule has 4 nitrogen and oxygen atoms in total. The molecular formula is C13H17Cl2N3O. The Bertz CT molecular complexity index is 562. The van der Waals surface area contributed by atoms with Gasteiger partial charge in [0.1, 0.15) is 0 Å². The Balaban J connectivity index is 2.31. The van der Waals surface area contributed by atoms with Crippen molar-refractivity contribution in [2.45, 2.75) is 32.9 Å². The monoisotopic (exact) mass is 301 g/mol. The molecule has 1 atom stereocenters. The largest absolute Gasteiger partial charge is 0.453 e. The first kappa shape index (κ1) is 14.4.